The van der Waals surface area contributed by atoms with Crippen molar-refractivity contribution in [2.24, 2.45) is 0 Å². The molecular weight excluding hydrogens is 272 g/mol. The van der Waals surface area contributed by atoms with Gasteiger partial charge in [0.1, 0.15) is 17.5 Å². The van der Waals surface area contributed by atoms with E-state index in [0.717, 1.165) is 5.56 Å². The first-order chi connectivity index (χ1) is 10.0. The van der Waals surface area contributed by atoms with Crippen molar-refractivity contribution in [3.05, 3.63) is 59.3 Å². The van der Waals surface area contributed by atoms with Crippen molar-refractivity contribution in [1.29, 1.82) is 0 Å². The van der Waals surface area contributed by atoms with Crippen molar-refractivity contribution in [1.82, 2.24) is 10.3 Å². The van der Waals surface area contributed by atoms with Gasteiger partial charge in [0.25, 0.3) is 0 Å². The zero-order valence-electron chi connectivity index (χ0n) is 12.4. The van der Waals surface area contributed by atoms with Crippen LogP contribution in [0.5, 0.6) is 0 Å². The lowest BCUT2D eigenvalue weighted by Gasteiger charge is -2.28. The highest BCUT2D eigenvalue weighted by atomic mass is 19.1. The number of aromatic nitrogens is 1. The van der Waals surface area contributed by atoms with Gasteiger partial charge in [-0.05, 0) is 26.1 Å². The minimum absolute atomic E-state index is 0.209. The van der Waals surface area contributed by atoms with Gasteiger partial charge in [-0.1, -0.05) is 18.2 Å². The number of halogens is 2. The molecule has 1 N–H and O–H groups in total. The van der Waals surface area contributed by atoms with Crippen molar-refractivity contribution in [2.45, 2.75) is 19.5 Å². The van der Waals surface area contributed by atoms with E-state index in [1.54, 1.807) is 25.2 Å². The van der Waals surface area contributed by atoms with Crippen LogP contribution in [0.4, 0.5) is 14.6 Å². The Labute approximate surface area is 123 Å². The van der Waals surface area contributed by atoms with Crippen LogP contribution >= 0.6 is 0 Å². The van der Waals surface area contributed by atoms with Gasteiger partial charge >= 0.3 is 0 Å². The lowest BCUT2D eigenvalue weighted by molar-refractivity contribution is 0.580. The SMILES string of the molecule is CNCc1cc(F)cnc1N(C)C(C)c1ccccc1F. The zero-order valence-corrected chi connectivity index (χ0v) is 12.4. The molecule has 1 aromatic carbocycles. The van der Waals surface area contributed by atoms with Crippen LogP contribution in [0, 0.1) is 11.6 Å². The van der Waals surface area contributed by atoms with Crippen molar-refractivity contribution < 1.29 is 8.78 Å². The van der Waals surface area contributed by atoms with E-state index in [9.17, 15) is 8.78 Å². The van der Waals surface area contributed by atoms with Crippen molar-refractivity contribution in [3.63, 3.8) is 0 Å². The summed E-state index contributed by atoms with van der Waals surface area (Å²) in [5.74, 6) is 0.00609. The molecule has 0 amide bonds. The summed E-state index contributed by atoms with van der Waals surface area (Å²) in [6.45, 7) is 2.39. The van der Waals surface area contributed by atoms with Crippen molar-refractivity contribution >= 4 is 5.82 Å². The van der Waals surface area contributed by atoms with E-state index in [1.165, 1.54) is 18.3 Å². The molecule has 0 radical (unpaired) electrons. The lowest BCUT2D eigenvalue weighted by atomic mass is 10.1. The second kappa shape index (κ2) is 6.63. The van der Waals surface area contributed by atoms with Gasteiger partial charge in [0.2, 0.25) is 0 Å². The molecule has 0 aliphatic rings. The van der Waals surface area contributed by atoms with Crippen LogP contribution in [0.15, 0.2) is 36.5 Å². The van der Waals surface area contributed by atoms with Crippen molar-refractivity contribution in [3.8, 4) is 0 Å². The fraction of sp³-hybridized carbons (Fsp3) is 0.312. The molecule has 2 aromatic rings. The summed E-state index contributed by atoms with van der Waals surface area (Å²) < 4.78 is 27.3. The summed E-state index contributed by atoms with van der Waals surface area (Å²) in [4.78, 5) is 6.01. The third-order valence-electron chi connectivity index (χ3n) is 3.55. The summed E-state index contributed by atoms with van der Waals surface area (Å²) in [5, 5.41) is 2.99. The molecule has 0 saturated heterocycles. The Balaban J connectivity index is 2.35. The predicted octanol–water partition coefficient (Wildman–Crippen LogP) is 3.28. The molecule has 0 aliphatic carbocycles. The first-order valence-electron chi connectivity index (χ1n) is 6.81. The average Bonchev–Trinajstić information content (AvgIpc) is 2.47. The minimum atomic E-state index is -0.379. The van der Waals surface area contributed by atoms with Gasteiger partial charge in [-0.25, -0.2) is 13.8 Å². The molecule has 0 bridgehead atoms. The quantitative estimate of drug-likeness (QED) is 0.916. The maximum Gasteiger partial charge on any atom is 0.141 e. The molecule has 1 aromatic heterocycles. The van der Waals surface area contributed by atoms with Crippen LogP contribution in [0.3, 0.4) is 0 Å². The van der Waals surface area contributed by atoms with Crippen LogP contribution in [0.1, 0.15) is 24.1 Å². The number of benzene rings is 1. The van der Waals surface area contributed by atoms with E-state index in [1.807, 2.05) is 18.9 Å². The molecule has 1 heterocycles. The van der Waals surface area contributed by atoms with Gasteiger partial charge in [0.15, 0.2) is 0 Å². The van der Waals surface area contributed by atoms with Gasteiger partial charge in [-0.2, -0.15) is 0 Å². The molecule has 0 spiro atoms. The molecule has 3 nitrogen and oxygen atoms in total. The average molecular weight is 291 g/mol. The number of hydrogen-bond donors (Lipinski definition) is 1. The summed E-state index contributed by atoms with van der Waals surface area (Å²) in [7, 11) is 3.62. The molecule has 112 valence electrons. The van der Waals surface area contributed by atoms with Crippen molar-refractivity contribution in [2.75, 3.05) is 19.0 Å². The topological polar surface area (TPSA) is 28.2 Å². The highest BCUT2D eigenvalue weighted by Crippen LogP contribution is 2.28. The van der Waals surface area contributed by atoms with Gasteiger partial charge in [-0.3, -0.25) is 0 Å². The monoisotopic (exact) mass is 291 g/mol. The Morgan fingerprint density at radius 1 is 1.29 bits per heavy atom. The van der Waals surface area contributed by atoms with E-state index in [2.05, 4.69) is 10.3 Å². The molecule has 0 saturated carbocycles. The Morgan fingerprint density at radius 2 is 2.00 bits per heavy atom. The van der Waals surface area contributed by atoms with Crippen LogP contribution in [-0.2, 0) is 6.54 Å². The number of pyridine rings is 1. The summed E-state index contributed by atoms with van der Waals surface area (Å²) in [6.07, 6.45) is 1.18. The summed E-state index contributed by atoms with van der Waals surface area (Å²) >= 11 is 0. The second-order valence-corrected chi connectivity index (χ2v) is 4.97. The van der Waals surface area contributed by atoms with Gasteiger partial charge in [0, 0.05) is 24.7 Å². The lowest BCUT2D eigenvalue weighted by Crippen LogP contribution is -2.25. The Morgan fingerprint density at radius 3 is 2.67 bits per heavy atom. The van der Waals surface area contributed by atoms with Crippen LogP contribution in [0.2, 0.25) is 0 Å². The minimum Gasteiger partial charge on any atom is -0.353 e. The first-order valence-corrected chi connectivity index (χ1v) is 6.81. The van der Waals surface area contributed by atoms with Gasteiger partial charge < -0.3 is 10.2 Å². The third-order valence-corrected chi connectivity index (χ3v) is 3.55. The smallest absolute Gasteiger partial charge is 0.141 e. The van der Waals surface area contributed by atoms with Crippen LogP contribution in [-0.4, -0.2) is 19.1 Å². The highest BCUT2D eigenvalue weighted by Gasteiger charge is 2.19. The first kappa shape index (κ1) is 15.4. The van der Waals surface area contributed by atoms with Crippen LogP contribution in [0.25, 0.3) is 0 Å². The van der Waals surface area contributed by atoms with E-state index in [4.69, 9.17) is 0 Å². The highest BCUT2D eigenvalue weighted by molar-refractivity contribution is 5.48. The molecule has 5 heteroatoms. The molecule has 2 rings (SSSR count). The van der Waals surface area contributed by atoms with Crippen LogP contribution < -0.4 is 10.2 Å². The number of rotatable bonds is 5. The fourth-order valence-corrected chi connectivity index (χ4v) is 2.32. The third kappa shape index (κ3) is 3.36. The summed E-state index contributed by atoms with van der Waals surface area (Å²) in [6, 6.07) is 7.89. The Kier molecular flexibility index (Phi) is 4.85. The Bertz CT molecular complexity index is 616. The maximum absolute atomic E-state index is 13.9. The summed E-state index contributed by atoms with van der Waals surface area (Å²) in [5.41, 5.74) is 1.32. The van der Waals surface area contributed by atoms with E-state index >= 15 is 0 Å². The number of nitrogens with zero attached hydrogens (tertiary/aromatic N) is 2. The molecule has 1 unspecified atom stereocenters. The molecule has 1 atom stereocenters. The van der Waals surface area contributed by atoms with E-state index in [-0.39, 0.29) is 17.7 Å². The van der Waals surface area contributed by atoms with Gasteiger partial charge in [0.05, 0.1) is 12.2 Å². The predicted molar refractivity (Wildman–Crippen MR) is 80.2 cm³/mol. The maximum atomic E-state index is 13.9. The Hall–Kier alpha value is -2.01. The largest absolute Gasteiger partial charge is 0.353 e. The number of nitrogens with one attached hydrogen (secondary N) is 1. The number of anilines is 1. The van der Waals surface area contributed by atoms with E-state index < -0.39 is 0 Å². The number of hydrogen-bond acceptors (Lipinski definition) is 3. The molecule has 0 fully saturated rings. The fourth-order valence-electron chi connectivity index (χ4n) is 2.32. The van der Waals surface area contributed by atoms with Gasteiger partial charge in [-0.15, -0.1) is 0 Å². The molecule has 0 aliphatic heterocycles. The second-order valence-electron chi connectivity index (χ2n) is 4.97. The standard InChI is InChI=1S/C16H19F2N3/c1-11(14-6-4-5-7-15(14)18)21(3)16-12(9-19-2)8-13(17)10-20-16/h4-8,10-11,19H,9H2,1-3H3. The molecule has 21 heavy (non-hydrogen) atoms. The normalized spacial score (nSPS) is 12.2. The zero-order chi connectivity index (χ0) is 15.4. The molecular formula is C16H19F2N3. The van der Waals surface area contributed by atoms with E-state index in [0.29, 0.717) is 17.9 Å².